The Balaban J connectivity index is 2.61. The standard InChI is InChI=1S/C19H28O/c1-5-7-19(20)18-12-10-17(11-13-18)14-16(4)9-6-8-15(2)3/h8,10-14,19-20H,5-7,9H2,1-4H3. The molecule has 1 N–H and O–H groups in total. The van der Waals surface area contributed by atoms with Gasteiger partial charge in [-0.2, -0.15) is 0 Å². The van der Waals surface area contributed by atoms with Crippen LogP contribution in [0.2, 0.25) is 0 Å². The third-order valence-electron chi connectivity index (χ3n) is 3.39. The van der Waals surface area contributed by atoms with Gasteiger partial charge in [-0.05, 0) is 51.2 Å². The van der Waals surface area contributed by atoms with E-state index >= 15 is 0 Å². The average Bonchev–Trinajstić information content (AvgIpc) is 2.39. The van der Waals surface area contributed by atoms with Crippen LogP contribution in [-0.4, -0.2) is 5.11 Å². The molecule has 0 amide bonds. The van der Waals surface area contributed by atoms with Crippen LogP contribution in [0, 0.1) is 0 Å². The number of hydrogen-bond donors (Lipinski definition) is 1. The Bertz CT molecular complexity index is 447. The van der Waals surface area contributed by atoms with Crippen molar-refractivity contribution in [3.63, 3.8) is 0 Å². The number of hydrogen-bond acceptors (Lipinski definition) is 1. The van der Waals surface area contributed by atoms with E-state index in [0.29, 0.717) is 0 Å². The molecule has 1 unspecified atom stereocenters. The van der Waals surface area contributed by atoms with Crippen molar-refractivity contribution < 1.29 is 5.11 Å². The second-order valence-corrected chi connectivity index (χ2v) is 5.78. The first kappa shape index (κ1) is 16.7. The molecule has 0 radical (unpaired) electrons. The van der Waals surface area contributed by atoms with E-state index in [2.05, 4.69) is 52.0 Å². The fourth-order valence-electron chi connectivity index (χ4n) is 2.20. The van der Waals surface area contributed by atoms with Crippen molar-refractivity contribution >= 4 is 6.08 Å². The number of aliphatic hydroxyl groups excluding tert-OH is 1. The maximum absolute atomic E-state index is 9.94. The van der Waals surface area contributed by atoms with Crippen molar-refractivity contribution in [2.45, 2.75) is 59.5 Å². The van der Waals surface area contributed by atoms with Crippen LogP contribution in [0.15, 0.2) is 41.5 Å². The summed E-state index contributed by atoms with van der Waals surface area (Å²) in [6.45, 7) is 8.55. The third-order valence-corrected chi connectivity index (χ3v) is 3.39. The molecule has 0 heterocycles. The van der Waals surface area contributed by atoms with E-state index < -0.39 is 0 Å². The molecule has 0 aliphatic carbocycles. The van der Waals surface area contributed by atoms with E-state index in [1.165, 1.54) is 16.7 Å². The van der Waals surface area contributed by atoms with Gasteiger partial charge in [0.25, 0.3) is 0 Å². The van der Waals surface area contributed by atoms with Crippen molar-refractivity contribution in [2.24, 2.45) is 0 Å². The van der Waals surface area contributed by atoms with Gasteiger partial charge in [0, 0.05) is 0 Å². The lowest BCUT2D eigenvalue weighted by atomic mass is 10.0. The summed E-state index contributed by atoms with van der Waals surface area (Å²) in [6, 6.07) is 8.27. The topological polar surface area (TPSA) is 20.2 Å². The van der Waals surface area contributed by atoms with Gasteiger partial charge in [-0.15, -0.1) is 0 Å². The minimum Gasteiger partial charge on any atom is -0.388 e. The van der Waals surface area contributed by atoms with Gasteiger partial charge in [-0.25, -0.2) is 0 Å². The summed E-state index contributed by atoms with van der Waals surface area (Å²) in [7, 11) is 0. The van der Waals surface area contributed by atoms with Gasteiger partial charge in [-0.1, -0.05) is 60.9 Å². The van der Waals surface area contributed by atoms with Crippen LogP contribution in [0.4, 0.5) is 0 Å². The fourth-order valence-corrected chi connectivity index (χ4v) is 2.20. The molecule has 0 saturated heterocycles. The van der Waals surface area contributed by atoms with Gasteiger partial charge in [-0.3, -0.25) is 0 Å². The Labute approximate surface area is 124 Å². The number of benzene rings is 1. The molecule has 0 aliphatic rings. The van der Waals surface area contributed by atoms with E-state index in [-0.39, 0.29) is 6.10 Å². The second-order valence-electron chi connectivity index (χ2n) is 5.78. The molecule has 1 aromatic carbocycles. The molecular formula is C19H28O. The molecule has 0 saturated carbocycles. The average molecular weight is 272 g/mol. The summed E-state index contributed by atoms with van der Waals surface area (Å²) < 4.78 is 0. The molecule has 1 atom stereocenters. The Hall–Kier alpha value is -1.34. The lowest BCUT2D eigenvalue weighted by Crippen LogP contribution is -1.96. The summed E-state index contributed by atoms with van der Waals surface area (Å²) in [5, 5.41) is 9.94. The molecule has 110 valence electrons. The van der Waals surface area contributed by atoms with Crippen molar-refractivity contribution in [3.8, 4) is 0 Å². The van der Waals surface area contributed by atoms with Crippen LogP contribution in [0.5, 0.6) is 0 Å². The highest BCUT2D eigenvalue weighted by Gasteiger charge is 2.05. The van der Waals surface area contributed by atoms with Crippen LogP contribution < -0.4 is 0 Å². The molecular weight excluding hydrogens is 244 g/mol. The molecule has 1 aromatic rings. The second kappa shape index (κ2) is 8.76. The molecule has 1 heteroatoms. The molecule has 0 fully saturated rings. The normalized spacial score (nSPS) is 13.2. The zero-order valence-corrected chi connectivity index (χ0v) is 13.3. The highest BCUT2D eigenvalue weighted by molar-refractivity contribution is 5.52. The van der Waals surface area contributed by atoms with Crippen molar-refractivity contribution in [2.75, 3.05) is 0 Å². The van der Waals surface area contributed by atoms with Gasteiger partial charge < -0.3 is 5.11 Å². The quantitative estimate of drug-likeness (QED) is 0.634. The molecule has 20 heavy (non-hydrogen) atoms. The van der Waals surface area contributed by atoms with E-state index in [0.717, 1.165) is 31.2 Å². The lowest BCUT2D eigenvalue weighted by Gasteiger charge is -2.09. The van der Waals surface area contributed by atoms with Crippen LogP contribution in [0.1, 0.15) is 70.6 Å². The maximum atomic E-state index is 9.94. The van der Waals surface area contributed by atoms with Gasteiger partial charge in [0.05, 0.1) is 6.10 Å². The molecule has 0 aromatic heterocycles. The Morgan fingerprint density at radius 1 is 1.15 bits per heavy atom. The molecule has 0 spiro atoms. The number of aliphatic hydroxyl groups is 1. The predicted octanol–water partition coefficient (Wildman–Crippen LogP) is 5.67. The first-order valence-electron chi connectivity index (χ1n) is 7.61. The van der Waals surface area contributed by atoms with Gasteiger partial charge in [0.15, 0.2) is 0 Å². The van der Waals surface area contributed by atoms with Crippen LogP contribution in [-0.2, 0) is 0 Å². The maximum Gasteiger partial charge on any atom is 0.0790 e. The summed E-state index contributed by atoms with van der Waals surface area (Å²) in [4.78, 5) is 0. The smallest absolute Gasteiger partial charge is 0.0790 e. The van der Waals surface area contributed by atoms with Crippen LogP contribution >= 0.6 is 0 Å². The third kappa shape index (κ3) is 6.21. The highest BCUT2D eigenvalue weighted by Crippen LogP contribution is 2.20. The van der Waals surface area contributed by atoms with Crippen LogP contribution in [0.3, 0.4) is 0 Å². The number of allylic oxidation sites excluding steroid dienone is 3. The highest BCUT2D eigenvalue weighted by atomic mass is 16.3. The van der Waals surface area contributed by atoms with Gasteiger partial charge in [0.1, 0.15) is 0 Å². The summed E-state index contributed by atoms with van der Waals surface area (Å²) in [5.41, 5.74) is 5.01. The van der Waals surface area contributed by atoms with E-state index in [4.69, 9.17) is 0 Å². The fraction of sp³-hybridized carbons (Fsp3) is 0.474. The molecule has 1 rings (SSSR count). The predicted molar refractivity (Wildman–Crippen MR) is 88.6 cm³/mol. The Kier molecular flexibility index (Phi) is 7.32. The Morgan fingerprint density at radius 3 is 2.35 bits per heavy atom. The first-order valence-corrected chi connectivity index (χ1v) is 7.61. The molecule has 1 nitrogen and oxygen atoms in total. The number of rotatable bonds is 7. The minimum absolute atomic E-state index is 0.322. The Morgan fingerprint density at radius 2 is 1.80 bits per heavy atom. The SMILES string of the molecule is CCCC(O)c1ccc(C=C(C)CCC=C(C)C)cc1. The summed E-state index contributed by atoms with van der Waals surface area (Å²) in [6.07, 6.45) is 8.24. The molecule has 0 bridgehead atoms. The van der Waals surface area contributed by atoms with E-state index in [1.54, 1.807) is 0 Å². The van der Waals surface area contributed by atoms with Gasteiger partial charge >= 0.3 is 0 Å². The van der Waals surface area contributed by atoms with Crippen molar-refractivity contribution in [1.82, 2.24) is 0 Å². The van der Waals surface area contributed by atoms with Crippen molar-refractivity contribution in [1.29, 1.82) is 0 Å². The summed E-state index contributed by atoms with van der Waals surface area (Å²) in [5.74, 6) is 0. The monoisotopic (exact) mass is 272 g/mol. The van der Waals surface area contributed by atoms with Gasteiger partial charge in [0.2, 0.25) is 0 Å². The zero-order valence-electron chi connectivity index (χ0n) is 13.3. The van der Waals surface area contributed by atoms with E-state index in [9.17, 15) is 5.11 Å². The zero-order chi connectivity index (χ0) is 15.0. The lowest BCUT2D eigenvalue weighted by molar-refractivity contribution is 0.166. The van der Waals surface area contributed by atoms with E-state index in [1.807, 2.05) is 12.1 Å². The molecule has 0 aliphatic heterocycles. The van der Waals surface area contributed by atoms with Crippen LogP contribution in [0.25, 0.3) is 6.08 Å². The first-order chi connectivity index (χ1) is 9.52. The minimum atomic E-state index is -0.322. The van der Waals surface area contributed by atoms with Crippen molar-refractivity contribution in [3.05, 3.63) is 52.6 Å². The largest absolute Gasteiger partial charge is 0.388 e. The summed E-state index contributed by atoms with van der Waals surface area (Å²) >= 11 is 0.